The molecule has 23 heavy (non-hydrogen) atoms. The maximum atomic E-state index is 12.8. The first kappa shape index (κ1) is 22.5. The van der Waals surface area contributed by atoms with E-state index in [1.165, 1.54) is 0 Å². The van der Waals surface area contributed by atoms with E-state index >= 15 is 0 Å². The molecule has 0 bridgehead atoms. The zero-order valence-corrected chi connectivity index (χ0v) is 15.3. The molecule has 0 saturated carbocycles. The molecule has 0 radical (unpaired) electrons. The van der Waals surface area contributed by atoms with Crippen molar-refractivity contribution in [2.45, 2.75) is 39.7 Å². The van der Waals surface area contributed by atoms with Crippen molar-refractivity contribution in [2.75, 3.05) is 19.6 Å². The number of benzene rings is 1. The highest BCUT2D eigenvalue weighted by Gasteiger charge is 2.37. The average molecular weight is 455 g/mol. The monoisotopic (exact) mass is 455 g/mol. The molecule has 0 saturated heterocycles. The second-order valence-corrected chi connectivity index (χ2v) is 5.36. The van der Waals surface area contributed by atoms with Gasteiger partial charge in [0.2, 0.25) is 0 Å². The second kappa shape index (κ2) is 8.04. The fraction of sp³-hybridized carbons (Fsp3) is 0.600. The first-order valence-corrected chi connectivity index (χ1v) is 7.11. The SMILES string of the molecule is CC[N+](CC)(CC)Cc1cc(C(F)(F)F)cc(C(F)(F)F)c1.[I-]. The number of rotatable bonds is 5. The van der Waals surface area contributed by atoms with Crippen LogP contribution in [0.15, 0.2) is 18.2 Å². The van der Waals surface area contributed by atoms with Crippen molar-refractivity contribution >= 4 is 0 Å². The van der Waals surface area contributed by atoms with Crippen LogP contribution >= 0.6 is 0 Å². The molecule has 0 amide bonds. The lowest BCUT2D eigenvalue weighted by Gasteiger charge is -2.36. The van der Waals surface area contributed by atoms with Gasteiger partial charge in [0.1, 0.15) is 6.54 Å². The zero-order chi connectivity index (χ0) is 17.2. The highest BCUT2D eigenvalue weighted by Crippen LogP contribution is 2.36. The van der Waals surface area contributed by atoms with Crippen LogP contribution < -0.4 is 24.0 Å². The van der Waals surface area contributed by atoms with E-state index in [-0.39, 0.29) is 42.2 Å². The Morgan fingerprint density at radius 3 is 1.35 bits per heavy atom. The van der Waals surface area contributed by atoms with Gasteiger partial charge in [-0.1, -0.05) is 0 Å². The van der Waals surface area contributed by atoms with E-state index in [9.17, 15) is 26.3 Å². The van der Waals surface area contributed by atoms with Gasteiger partial charge in [-0.2, -0.15) is 26.3 Å². The highest BCUT2D eigenvalue weighted by atomic mass is 127. The van der Waals surface area contributed by atoms with Crippen LogP contribution in [-0.4, -0.2) is 24.1 Å². The summed E-state index contributed by atoms with van der Waals surface area (Å²) in [5.74, 6) is 0. The van der Waals surface area contributed by atoms with E-state index in [1.807, 2.05) is 20.8 Å². The van der Waals surface area contributed by atoms with Crippen LogP contribution in [0.2, 0.25) is 0 Å². The van der Waals surface area contributed by atoms with Gasteiger partial charge in [0.15, 0.2) is 0 Å². The second-order valence-electron chi connectivity index (χ2n) is 5.36. The molecular weight excluding hydrogens is 435 g/mol. The highest BCUT2D eigenvalue weighted by molar-refractivity contribution is 5.33. The molecule has 0 spiro atoms. The summed E-state index contributed by atoms with van der Waals surface area (Å²) in [6, 6.07) is 1.81. The summed E-state index contributed by atoms with van der Waals surface area (Å²) in [4.78, 5) is 0. The van der Waals surface area contributed by atoms with Gasteiger partial charge < -0.3 is 28.5 Å². The van der Waals surface area contributed by atoms with E-state index in [0.717, 1.165) is 12.1 Å². The average Bonchev–Trinajstić information content (AvgIpc) is 2.43. The van der Waals surface area contributed by atoms with E-state index in [2.05, 4.69) is 0 Å². The Balaban J connectivity index is 0.00000484. The zero-order valence-electron chi connectivity index (χ0n) is 13.2. The van der Waals surface area contributed by atoms with Crippen LogP contribution in [0.4, 0.5) is 26.3 Å². The predicted octanol–water partition coefficient (Wildman–Crippen LogP) is 2.10. The van der Waals surface area contributed by atoms with Crippen LogP contribution in [0, 0.1) is 0 Å². The van der Waals surface area contributed by atoms with Crippen LogP contribution in [0.1, 0.15) is 37.5 Å². The molecule has 1 rings (SSSR count). The first-order valence-electron chi connectivity index (χ1n) is 7.11. The molecule has 1 aromatic carbocycles. The smallest absolute Gasteiger partial charge is 0.416 e. The molecule has 0 heterocycles. The number of halogens is 7. The van der Waals surface area contributed by atoms with Crippen LogP contribution in [0.5, 0.6) is 0 Å². The van der Waals surface area contributed by atoms with Gasteiger partial charge in [0.25, 0.3) is 0 Å². The third-order valence-electron chi connectivity index (χ3n) is 4.18. The number of hydrogen-bond acceptors (Lipinski definition) is 0. The molecule has 0 aliphatic carbocycles. The maximum Gasteiger partial charge on any atom is 0.416 e. The molecular formula is C15H20F6IN. The molecule has 0 N–H and O–H groups in total. The Hall–Kier alpha value is -0.510. The third-order valence-corrected chi connectivity index (χ3v) is 4.18. The number of alkyl halides is 6. The summed E-state index contributed by atoms with van der Waals surface area (Å²) >= 11 is 0. The molecule has 1 nitrogen and oxygen atoms in total. The Kier molecular flexibility index (Phi) is 7.87. The van der Waals surface area contributed by atoms with Gasteiger partial charge in [-0.05, 0) is 39.0 Å². The Morgan fingerprint density at radius 2 is 1.09 bits per heavy atom. The van der Waals surface area contributed by atoms with E-state index in [4.69, 9.17) is 0 Å². The van der Waals surface area contributed by atoms with Gasteiger partial charge >= 0.3 is 12.4 Å². The Labute approximate surface area is 149 Å². The minimum atomic E-state index is -4.80. The molecule has 0 unspecified atom stereocenters. The lowest BCUT2D eigenvalue weighted by Crippen LogP contribution is -3.00. The van der Waals surface area contributed by atoms with Crippen molar-refractivity contribution in [3.63, 3.8) is 0 Å². The first-order chi connectivity index (χ1) is 9.97. The van der Waals surface area contributed by atoms with Crippen molar-refractivity contribution in [3.05, 3.63) is 34.9 Å². The summed E-state index contributed by atoms with van der Waals surface area (Å²) in [5, 5.41) is 0. The van der Waals surface area contributed by atoms with Gasteiger partial charge in [-0.15, -0.1) is 0 Å². The number of hydrogen-bond donors (Lipinski definition) is 0. The maximum absolute atomic E-state index is 12.8. The van der Waals surface area contributed by atoms with Crippen molar-refractivity contribution < 1.29 is 54.8 Å². The minimum Gasteiger partial charge on any atom is -1.00 e. The van der Waals surface area contributed by atoms with E-state index in [1.54, 1.807) is 0 Å². The molecule has 0 aliphatic heterocycles. The van der Waals surface area contributed by atoms with Gasteiger partial charge in [-0.3, -0.25) is 0 Å². The molecule has 1 aromatic rings. The topological polar surface area (TPSA) is 0 Å². The summed E-state index contributed by atoms with van der Waals surface area (Å²) < 4.78 is 77.5. The fourth-order valence-electron chi connectivity index (χ4n) is 2.50. The molecule has 0 fully saturated rings. The third kappa shape index (κ3) is 5.81. The Morgan fingerprint density at radius 1 is 0.739 bits per heavy atom. The largest absolute Gasteiger partial charge is 1.00 e. The van der Waals surface area contributed by atoms with Gasteiger partial charge in [0.05, 0.1) is 30.8 Å². The predicted molar refractivity (Wildman–Crippen MR) is 72.0 cm³/mol. The van der Waals surface area contributed by atoms with Gasteiger partial charge in [0, 0.05) is 5.56 Å². The quantitative estimate of drug-likeness (QED) is 0.363. The summed E-state index contributed by atoms with van der Waals surface area (Å²) in [6.07, 6.45) is -9.59. The van der Waals surface area contributed by atoms with Crippen LogP contribution in [0.25, 0.3) is 0 Å². The lowest BCUT2D eigenvalue weighted by molar-refractivity contribution is -0.936. The summed E-state index contributed by atoms with van der Waals surface area (Å²) in [6.45, 7) is 7.72. The Bertz CT molecular complexity index is 465. The van der Waals surface area contributed by atoms with Crippen molar-refractivity contribution in [3.8, 4) is 0 Å². The minimum absolute atomic E-state index is 0. The lowest BCUT2D eigenvalue weighted by atomic mass is 10.0. The number of nitrogens with zero attached hydrogens (tertiary/aromatic N) is 1. The number of quaternary nitrogens is 1. The van der Waals surface area contributed by atoms with Crippen LogP contribution in [0.3, 0.4) is 0 Å². The normalized spacial score (nSPS) is 12.9. The van der Waals surface area contributed by atoms with E-state index in [0.29, 0.717) is 24.1 Å². The van der Waals surface area contributed by atoms with Crippen molar-refractivity contribution in [1.82, 2.24) is 0 Å². The van der Waals surface area contributed by atoms with Crippen LogP contribution in [-0.2, 0) is 18.9 Å². The fourth-order valence-corrected chi connectivity index (χ4v) is 2.50. The molecule has 0 atom stereocenters. The molecule has 0 aromatic heterocycles. The summed E-state index contributed by atoms with van der Waals surface area (Å²) in [5.41, 5.74) is -2.44. The standard InChI is InChI=1S/C15H20F6N.HI/c1-4-22(5-2,6-3)10-11-7-12(14(16,17)18)9-13(8-11)15(19,20)21;/h7-9H,4-6,10H2,1-3H3;1H/q+1;/p-1. The van der Waals surface area contributed by atoms with Gasteiger partial charge in [-0.25, -0.2) is 0 Å². The van der Waals surface area contributed by atoms with E-state index < -0.39 is 23.5 Å². The summed E-state index contributed by atoms with van der Waals surface area (Å²) in [7, 11) is 0. The molecule has 0 aliphatic rings. The van der Waals surface area contributed by atoms with Crippen molar-refractivity contribution in [1.29, 1.82) is 0 Å². The van der Waals surface area contributed by atoms with Crippen molar-refractivity contribution in [2.24, 2.45) is 0 Å². The molecule has 134 valence electrons. The molecule has 8 heteroatoms.